The Bertz CT molecular complexity index is 1140. The summed E-state index contributed by atoms with van der Waals surface area (Å²) < 4.78 is 5.44. The van der Waals surface area contributed by atoms with E-state index in [1.165, 1.54) is 12.7 Å². The largest absolute Gasteiger partial charge is 0.496 e. The van der Waals surface area contributed by atoms with Gasteiger partial charge in [-0.05, 0) is 30.2 Å². The number of hydrogen-bond donors (Lipinski definition) is 2. The van der Waals surface area contributed by atoms with Crippen LogP contribution in [0.5, 0.6) is 5.75 Å². The third-order valence-electron chi connectivity index (χ3n) is 5.95. The van der Waals surface area contributed by atoms with E-state index in [4.69, 9.17) is 16.3 Å². The van der Waals surface area contributed by atoms with Gasteiger partial charge in [0.1, 0.15) is 5.75 Å². The standard InChI is InChI=1S/C27H28ClN3O3/c1-34-26-15-24(30-27(33)20-10-6-3-7-11-20)23(28)14-22(26)25(32)16-29-21-12-13-31(18-21)17-19-8-4-2-5-9-19/h2-11,14-15,21,29H,12-13,16-18H2,1H3,(H,30,33)/t21-/m0/s1. The highest BCUT2D eigenvalue weighted by molar-refractivity contribution is 6.34. The number of ketones is 1. The maximum Gasteiger partial charge on any atom is 0.255 e. The van der Waals surface area contributed by atoms with Crippen molar-refractivity contribution >= 4 is 29.0 Å². The molecule has 3 aromatic carbocycles. The number of ether oxygens (including phenoxy) is 1. The van der Waals surface area contributed by atoms with Gasteiger partial charge in [0.25, 0.3) is 5.91 Å². The molecule has 0 spiro atoms. The molecule has 0 aliphatic carbocycles. The van der Waals surface area contributed by atoms with Crippen LogP contribution >= 0.6 is 11.6 Å². The first kappa shape index (κ1) is 24.0. The number of hydrogen-bond acceptors (Lipinski definition) is 5. The minimum absolute atomic E-state index is 0.110. The molecule has 1 heterocycles. The first-order valence-corrected chi connectivity index (χ1v) is 11.7. The topological polar surface area (TPSA) is 70.7 Å². The molecule has 3 aromatic rings. The Morgan fingerprint density at radius 1 is 1.06 bits per heavy atom. The number of methoxy groups -OCH3 is 1. The van der Waals surface area contributed by atoms with Gasteiger partial charge >= 0.3 is 0 Å². The summed E-state index contributed by atoms with van der Waals surface area (Å²) in [6.45, 7) is 2.98. The molecule has 1 aliphatic rings. The van der Waals surface area contributed by atoms with E-state index < -0.39 is 0 Å². The Morgan fingerprint density at radius 2 is 1.76 bits per heavy atom. The maximum absolute atomic E-state index is 13.0. The van der Waals surface area contributed by atoms with Crippen molar-refractivity contribution < 1.29 is 14.3 Å². The molecule has 1 atom stereocenters. The van der Waals surface area contributed by atoms with Crippen molar-refractivity contribution in [3.05, 3.63) is 94.5 Å². The van der Waals surface area contributed by atoms with Crippen molar-refractivity contribution in [2.75, 3.05) is 32.1 Å². The fourth-order valence-corrected chi connectivity index (χ4v) is 4.35. The second kappa shape index (κ2) is 11.3. The van der Waals surface area contributed by atoms with Gasteiger partial charge in [0.05, 0.1) is 29.9 Å². The van der Waals surface area contributed by atoms with Crippen LogP contribution in [0.2, 0.25) is 5.02 Å². The number of Topliss-reactive ketones (excluding diaryl/α,β-unsaturated/α-hetero) is 1. The van der Waals surface area contributed by atoms with Crippen molar-refractivity contribution in [1.29, 1.82) is 0 Å². The van der Waals surface area contributed by atoms with Crippen LogP contribution in [0.25, 0.3) is 0 Å². The zero-order chi connectivity index (χ0) is 23.9. The number of carbonyl (C=O) groups is 2. The zero-order valence-electron chi connectivity index (χ0n) is 19.1. The highest BCUT2D eigenvalue weighted by Gasteiger charge is 2.24. The summed E-state index contributed by atoms with van der Waals surface area (Å²) in [6, 6.07) is 22.6. The third kappa shape index (κ3) is 6.03. The Labute approximate surface area is 204 Å². The van der Waals surface area contributed by atoms with Gasteiger partial charge in [-0.3, -0.25) is 14.5 Å². The second-order valence-electron chi connectivity index (χ2n) is 8.36. The van der Waals surface area contributed by atoms with E-state index in [2.05, 4.69) is 39.8 Å². The van der Waals surface area contributed by atoms with E-state index >= 15 is 0 Å². The van der Waals surface area contributed by atoms with Gasteiger partial charge in [0.2, 0.25) is 0 Å². The van der Waals surface area contributed by atoms with Gasteiger partial charge in [0, 0.05) is 37.3 Å². The smallest absolute Gasteiger partial charge is 0.255 e. The van der Waals surface area contributed by atoms with Crippen LogP contribution in [0, 0.1) is 0 Å². The van der Waals surface area contributed by atoms with E-state index in [1.807, 2.05) is 12.1 Å². The lowest BCUT2D eigenvalue weighted by Gasteiger charge is -2.17. The average molecular weight is 478 g/mol. The maximum atomic E-state index is 13.0. The molecule has 1 aliphatic heterocycles. The number of carbonyl (C=O) groups excluding carboxylic acids is 2. The van der Waals surface area contributed by atoms with E-state index in [0.717, 1.165) is 26.1 Å². The normalized spacial score (nSPS) is 15.8. The van der Waals surface area contributed by atoms with Crippen LogP contribution in [0.3, 0.4) is 0 Å². The van der Waals surface area contributed by atoms with Crippen molar-refractivity contribution in [3.63, 3.8) is 0 Å². The van der Waals surface area contributed by atoms with Crippen LogP contribution in [0.15, 0.2) is 72.8 Å². The SMILES string of the molecule is COc1cc(NC(=O)c2ccccc2)c(Cl)cc1C(=O)CN[C@H]1CCN(Cc2ccccc2)C1. The molecule has 4 rings (SSSR count). The predicted octanol–water partition coefficient (Wildman–Crippen LogP) is 4.65. The fraction of sp³-hybridized carbons (Fsp3) is 0.259. The number of anilines is 1. The Balaban J connectivity index is 1.35. The number of benzene rings is 3. The van der Waals surface area contributed by atoms with Gasteiger partial charge < -0.3 is 15.4 Å². The van der Waals surface area contributed by atoms with Crippen LogP contribution in [0.4, 0.5) is 5.69 Å². The molecule has 2 N–H and O–H groups in total. The first-order valence-electron chi connectivity index (χ1n) is 11.3. The fourth-order valence-electron chi connectivity index (χ4n) is 4.14. The minimum Gasteiger partial charge on any atom is -0.496 e. The minimum atomic E-state index is -0.286. The Hall–Kier alpha value is -3.19. The van der Waals surface area contributed by atoms with Crippen molar-refractivity contribution in [2.24, 2.45) is 0 Å². The summed E-state index contributed by atoms with van der Waals surface area (Å²) in [5.74, 6) is -0.0236. The lowest BCUT2D eigenvalue weighted by Crippen LogP contribution is -2.36. The van der Waals surface area contributed by atoms with E-state index in [9.17, 15) is 9.59 Å². The average Bonchev–Trinajstić information content (AvgIpc) is 3.31. The molecule has 6 nitrogen and oxygen atoms in total. The summed E-state index contributed by atoms with van der Waals surface area (Å²) in [6.07, 6.45) is 0.989. The van der Waals surface area contributed by atoms with Gasteiger partial charge in [-0.1, -0.05) is 60.1 Å². The zero-order valence-corrected chi connectivity index (χ0v) is 19.8. The van der Waals surface area contributed by atoms with Gasteiger partial charge in [0.15, 0.2) is 5.78 Å². The van der Waals surface area contributed by atoms with Gasteiger partial charge in [-0.25, -0.2) is 0 Å². The molecule has 34 heavy (non-hydrogen) atoms. The molecule has 1 saturated heterocycles. The van der Waals surface area contributed by atoms with Crippen LogP contribution in [-0.4, -0.2) is 49.4 Å². The Kier molecular flexibility index (Phi) is 7.95. The van der Waals surface area contributed by atoms with Crippen molar-refractivity contribution in [1.82, 2.24) is 10.2 Å². The number of rotatable bonds is 9. The molecule has 1 amide bonds. The third-order valence-corrected chi connectivity index (χ3v) is 6.26. The molecule has 176 valence electrons. The van der Waals surface area contributed by atoms with Gasteiger partial charge in [-0.2, -0.15) is 0 Å². The Morgan fingerprint density at radius 3 is 2.47 bits per heavy atom. The molecular weight excluding hydrogens is 450 g/mol. The first-order chi connectivity index (χ1) is 16.5. The van der Waals surface area contributed by atoms with Gasteiger partial charge in [-0.15, -0.1) is 0 Å². The molecule has 1 fully saturated rings. The van der Waals surface area contributed by atoms with Crippen molar-refractivity contribution in [3.8, 4) is 5.75 Å². The number of likely N-dealkylation sites (tertiary alicyclic amines) is 1. The number of nitrogens with one attached hydrogen (secondary N) is 2. The van der Waals surface area contributed by atoms with Crippen LogP contribution in [-0.2, 0) is 6.54 Å². The highest BCUT2D eigenvalue weighted by Crippen LogP contribution is 2.31. The van der Waals surface area contributed by atoms with Crippen molar-refractivity contribution in [2.45, 2.75) is 19.0 Å². The van der Waals surface area contributed by atoms with Crippen LogP contribution < -0.4 is 15.4 Å². The highest BCUT2D eigenvalue weighted by atomic mass is 35.5. The molecule has 0 aromatic heterocycles. The molecule has 0 bridgehead atoms. The van der Waals surface area contributed by atoms with E-state index in [1.54, 1.807) is 36.4 Å². The molecular formula is C27H28ClN3O3. The molecule has 0 radical (unpaired) electrons. The number of halogens is 1. The molecule has 0 saturated carbocycles. The molecule has 0 unspecified atom stereocenters. The van der Waals surface area contributed by atoms with E-state index in [-0.39, 0.29) is 29.3 Å². The monoisotopic (exact) mass is 477 g/mol. The summed E-state index contributed by atoms with van der Waals surface area (Å²) in [4.78, 5) is 27.8. The number of amides is 1. The predicted molar refractivity (Wildman–Crippen MR) is 135 cm³/mol. The van der Waals surface area contributed by atoms with Crippen LogP contribution in [0.1, 0.15) is 32.7 Å². The lowest BCUT2D eigenvalue weighted by molar-refractivity contribution is 0.0983. The lowest BCUT2D eigenvalue weighted by atomic mass is 10.1. The summed E-state index contributed by atoms with van der Waals surface area (Å²) in [5, 5.41) is 6.44. The summed E-state index contributed by atoms with van der Waals surface area (Å²) in [5.41, 5.74) is 2.58. The summed E-state index contributed by atoms with van der Waals surface area (Å²) >= 11 is 6.41. The number of nitrogens with zero attached hydrogens (tertiary/aromatic N) is 1. The second-order valence-corrected chi connectivity index (χ2v) is 8.77. The molecule has 7 heteroatoms. The van der Waals surface area contributed by atoms with E-state index in [0.29, 0.717) is 22.6 Å². The summed E-state index contributed by atoms with van der Waals surface area (Å²) in [7, 11) is 1.49. The quantitative estimate of drug-likeness (QED) is 0.439.